The van der Waals surface area contributed by atoms with Gasteiger partial charge in [0.05, 0.1) is 31.5 Å². The van der Waals surface area contributed by atoms with Crippen LogP contribution in [-0.4, -0.2) is 54.7 Å². The summed E-state index contributed by atoms with van der Waals surface area (Å²) >= 11 is 1.61. The predicted octanol–water partition coefficient (Wildman–Crippen LogP) is 2.86. The van der Waals surface area contributed by atoms with E-state index in [1.165, 1.54) is 0 Å². The van der Waals surface area contributed by atoms with E-state index in [0.29, 0.717) is 26.2 Å². The molecule has 1 aromatic rings. The molecule has 2 heterocycles. The van der Waals surface area contributed by atoms with Gasteiger partial charge in [-0.3, -0.25) is 9.69 Å². The normalized spacial score (nSPS) is 20.6. The number of anilines is 1. The summed E-state index contributed by atoms with van der Waals surface area (Å²) in [7, 11) is 0. The first-order valence-electron chi connectivity index (χ1n) is 9.03. The third-order valence-corrected chi connectivity index (χ3v) is 5.85. The Labute approximate surface area is 158 Å². The van der Waals surface area contributed by atoms with Gasteiger partial charge in [-0.15, -0.1) is 11.8 Å². The lowest BCUT2D eigenvalue weighted by Gasteiger charge is -2.37. The van der Waals surface area contributed by atoms with E-state index in [2.05, 4.69) is 16.3 Å². The summed E-state index contributed by atoms with van der Waals surface area (Å²) in [5.74, 6) is -0.428. The van der Waals surface area contributed by atoms with Gasteiger partial charge in [-0.25, -0.2) is 0 Å². The number of hydrogen-bond donors (Lipinski definition) is 1. The first-order valence-corrected chi connectivity index (χ1v) is 9.91. The number of hydrogen-bond acceptors (Lipinski definition) is 6. The van der Waals surface area contributed by atoms with Gasteiger partial charge in [0.25, 0.3) is 0 Å². The van der Waals surface area contributed by atoms with Gasteiger partial charge in [0.1, 0.15) is 0 Å². The van der Waals surface area contributed by atoms with E-state index < -0.39 is 5.79 Å². The van der Waals surface area contributed by atoms with Gasteiger partial charge in [-0.2, -0.15) is 5.26 Å². The molecule has 1 aromatic carbocycles. The highest BCUT2D eigenvalue weighted by Crippen LogP contribution is 2.32. The molecule has 3 rings (SSSR count). The van der Waals surface area contributed by atoms with Gasteiger partial charge in [-0.1, -0.05) is 19.1 Å². The van der Waals surface area contributed by atoms with Crippen molar-refractivity contribution < 1.29 is 14.3 Å². The van der Waals surface area contributed by atoms with Crippen LogP contribution in [0.5, 0.6) is 0 Å². The van der Waals surface area contributed by atoms with Crippen LogP contribution in [0, 0.1) is 11.3 Å². The Morgan fingerprint density at radius 2 is 2.04 bits per heavy atom. The maximum Gasteiger partial charge on any atom is 0.238 e. The number of piperidine rings is 1. The van der Waals surface area contributed by atoms with Crippen molar-refractivity contribution in [2.75, 3.05) is 38.2 Å². The van der Waals surface area contributed by atoms with Gasteiger partial charge in [0, 0.05) is 42.5 Å². The first-order chi connectivity index (χ1) is 12.6. The van der Waals surface area contributed by atoms with E-state index in [4.69, 9.17) is 14.7 Å². The molecule has 0 bridgehead atoms. The molecule has 0 unspecified atom stereocenters. The van der Waals surface area contributed by atoms with Crippen LogP contribution < -0.4 is 5.32 Å². The Bertz CT molecular complexity index is 660. The Hall–Kier alpha value is -1.59. The molecule has 1 spiro atoms. The summed E-state index contributed by atoms with van der Waals surface area (Å²) in [5, 5.41) is 12.0. The zero-order valence-corrected chi connectivity index (χ0v) is 15.9. The number of thioether (sulfide) groups is 1. The second kappa shape index (κ2) is 8.87. The zero-order valence-electron chi connectivity index (χ0n) is 15.1. The third kappa shape index (κ3) is 4.98. The fourth-order valence-corrected chi connectivity index (χ4v) is 4.28. The van der Waals surface area contributed by atoms with Gasteiger partial charge in [-0.05, 0) is 12.1 Å². The lowest BCUT2D eigenvalue weighted by atomic mass is 10.0. The second-order valence-corrected chi connectivity index (χ2v) is 8.20. The summed E-state index contributed by atoms with van der Waals surface area (Å²) in [6.45, 7) is 5.30. The average molecular weight is 375 g/mol. The summed E-state index contributed by atoms with van der Waals surface area (Å²) in [6, 6.07) is 9.93. The van der Waals surface area contributed by atoms with Crippen molar-refractivity contribution in [2.24, 2.45) is 0 Å². The number of para-hydroxylation sites is 1. The van der Waals surface area contributed by atoms with Gasteiger partial charge in [0.2, 0.25) is 5.91 Å². The van der Waals surface area contributed by atoms with Crippen LogP contribution in [0.25, 0.3) is 0 Å². The maximum atomic E-state index is 12.5. The molecule has 1 amide bonds. The lowest BCUT2D eigenvalue weighted by Crippen LogP contribution is -2.47. The fourth-order valence-electron chi connectivity index (χ4n) is 3.29. The molecule has 2 fully saturated rings. The van der Waals surface area contributed by atoms with Crippen LogP contribution in [-0.2, 0) is 14.3 Å². The number of ether oxygens (including phenoxy) is 2. The number of amides is 1. The standard InChI is InChI=1S/C19H25N3O3S/c1-15(6-9-20)26-17-5-3-2-4-16(17)21-18(23)14-22-10-7-19(8-11-22)24-12-13-25-19/h2-5,15H,6-8,10-14H2,1H3,(H,21,23)/t15-/m1/s1. The van der Waals surface area contributed by atoms with E-state index >= 15 is 0 Å². The Kier molecular flexibility index (Phi) is 6.54. The SMILES string of the molecule is C[C@H](CC#N)Sc1ccccc1NC(=O)CN1CCC2(CC1)OCCO2. The molecule has 0 saturated carbocycles. The smallest absolute Gasteiger partial charge is 0.238 e. The molecule has 1 atom stereocenters. The molecule has 7 heteroatoms. The summed E-state index contributed by atoms with van der Waals surface area (Å²) in [4.78, 5) is 15.6. The molecular formula is C19H25N3O3S. The molecule has 6 nitrogen and oxygen atoms in total. The third-order valence-electron chi connectivity index (χ3n) is 4.67. The van der Waals surface area contributed by atoms with Crippen LogP contribution in [0.4, 0.5) is 5.69 Å². The van der Waals surface area contributed by atoms with E-state index in [1.807, 2.05) is 31.2 Å². The molecule has 2 saturated heterocycles. The van der Waals surface area contributed by atoms with Crippen LogP contribution in [0.15, 0.2) is 29.2 Å². The number of likely N-dealkylation sites (tertiary alicyclic amines) is 1. The number of carbonyl (C=O) groups excluding carboxylic acids is 1. The highest BCUT2D eigenvalue weighted by atomic mass is 32.2. The van der Waals surface area contributed by atoms with E-state index in [-0.39, 0.29) is 11.2 Å². The highest BCUT2D eigenvalue weighted by Gasteiger charge is 2.39. The van der Waals surface area contributed by atoms with Crippen molar-refractivity contribution in [1.82, 2.24) is 4.90 Å². The monoisotopic (exact) mass is 375 g/mol. The average Bonchev–Trinajstić information content (AvgIpc) is 3.07. The van der Waals surface area contributed by atoms with E-state index in [0.717, 1.165) is 36.5 Å². The topological polar surface area (TPSA) is 74.6 Å². The maximum absolute atomic E-state index is 12.5. The quantitative estimate of drug-likeness (QED) is 0.771. The van der Waals surface area contributed by atoms with Crippen molar-refractivity contribution in [3.05, 3.63) is 24.3 Å². The molecule has 2 aliphatic heterocycles. The van der Waals surface area contributed by atoms with Gasteiger partial charge >= 0.3 is 0 Å². The van der Waals surface area contributed by atoms with Crippen molar-refractivity contribution in [1.29, 1.82) is 5.26 Å². The van der Waals surface area contributed by atoms with Crippen LogP contribution in [0.3, 0.4) is 0 Å². The van der Waals surface area contributed by atoms with Crippen LogP contribution in [0.2, 0.25) is 0 Å². The lowest BCUT2D eigenvalue weighted by molar-refractivity contribution is -0.185. The number of nitrogens with zero attached hydrogens (tertiary/aromatic N) is 2. The molecule has 1 N–H and O–H groups in total. The fraction of sp³-hybridized carbons (Fsp3) is 0.579. The molecular weight excluding hydrogens is 350 g/mol. The van der Waals surface area contributed by atoms with Crippen molar-refractivity contribution in [2.45, 2.75) is 42.1 Å². The number of nitriles is 1. The zero-order chi connectivity index (χ0) is 18.4. The molecule has 2 aliphatic rings. The number of rotatable bonds is 6. The van der Waals surface area contributed by atoms with Crippen molar-refractivity contribution >= 4 is 23.4 Å². The van der Waals surface area contributed by atoms with Crippen molar-refractivity contribution in [3.63, 3.8) is 0 Å². The van der Waals surface area contributed by atoms with Gasteiger partial charge in [0.15, 0.2) is 5.79 Å². The molecule has 0 aromatic heterocycles. The van der Waals surface area contributed by atoms with Crippen molar-refractivity contribution in [3.8, 4) is 6.07 Å². The molecule has 0 radical (unpaired) electrons. The van der Waals surface area contributed by atoms with Gasteiger partial charge < -0.3 is 14.8 Å². The van der Waals surface area contributed by atoms with Crippen LogP contribution >= 0.6 is 11.8 Å². The predicted molar refractivity (Wildman–Crippen MR) is 101 cm³/mol. The number of benzene rings is 1. The minimum atomic E-state index is -0.410. The highest BCUT2D eigenvalue weighted by molar-refractivity contribution is 8.00. The summed E-state index contributed by atoms with van der Waals surface area (Å²) < 4.78 is 11.5. The molecule has 140 valence electrons. The summed E-state index contributed by atoms with van der Waals surface area (Å²) in [5.41, 5.74) is 0.809. The number of nitrogens with one attached hydrogen (secondary N) is 1. The summed E-state index contributed by atoms with van der Waals surface area (Å²) in [6.07, 6.45) is 2.09. The Morgan fingerprint density at radius 1 is 1.35 bits per heavy atom. The Morgan fingerprint density at radius 3 is 2.73 bits per heavy atom. The molecule has 0 aliphatic carbocycles. The van der Waals surface area contributed by atoms with E-state index in [1.54, 1.807) is 11.8 Å². The minimum absolute atomic E-state index is 0.0183. The number of carbonyl (C=O) groups is 1. The largest absolute Gasteiger partial charge is 0.347 e. The second-order valence-electron chi connectivity index (χ2n) is 6.72. The Balaban J connectivity index is 1.51. The first kappa shape index (κ1) is 19.2. The minimum Gasteiger partial charge on any atom is -0.347 e. The molecule has 26 heavy (non-hydrogen) atoms. The van der Waals surface area contributed by atoms with E-state index in [9.17, 15) is 4.79 Å². The van der Waals surface area contributed by atoms with Crippen LogP contribution in [0.1, 0.15) is 26.2 Å².